The van der Waals surface area contributed by atoms with Crippen LogP contribution in [0.4, 0.5) is 5.95 Å². The first-order chi connectivity index (χ1) is 16.3. The lowest BCUT2D eigenvalue weighted by atomic mass is 10.0. The largest absolute Gasteiger partial charge is 0.446 e. The molecule has 0 atom stereocenters. The van der Waals surface area contributed by atoms with Crippen LogP contribution in [0.15, 0.2) is 48.8 Å². The molecule has 34 heavy (non-hydrogen) atoms. The van der Waals surface area contributed by atoms with Crippen molar-refractivity contribution in [1.82, 2.24) is 19.9 Å². The van der Waals surface area contributed by atoms with Gasteiger partial charge in [-0.15, -0.1) is 0 Å². The first-order valence-electron chi connectivity index (χ1n) is 11.3. The second kappa shape index (κ2) is 9.85. The van der Waals surface area contributed by atoms with Crippen molar-refractivity contribution in [3.8, 4) is 11.3 Å². The van der Waals surface area contributed by atoms with Crippen LogP contribution < -0.4 is 5.32 Å². The van der Waals surface area contributed by atoms with Gasteiger partial charge in [-0.05, 0) is 39.7 Å². The number of amides is 1. The van der Waals surface area contributed by atoms with E-state index in [4.69, 9.17) is 16.3 Å². The smallest absolute Gasteiger partial charge is 0.331 e. The molecule has 1 aliphatic rings. The summed E-state index contributed by atoms with van der Waals surface area (Å²) >= 11 is 6.43. The molecule has 1 saturated heterocycles. The fraction of sp³-hybridized carbons (Fsp3) is 0.360. The number of anilines is 1. The van der Waals surface area contributed by atoms with Crippen molar-refractivity contribution in [2.24, 2.45) is 0 Å². The monoisotopic (exact) mass is 481 g/mol. The third-order valence-corrected chi connectivity index (χ3v) is 6.15. The maximum Gasteiger partial charge on any atom is 0.331 e. The molecular formula is C25H28ClN5O3. The normalized spacial score (nSPS) is 15.1. The molecule has 0 unspecified atom stereocenters. The van der Waals surface area contributed by atoms with Crippen LogP contribution in [-0.2, 0) is 14.3 Å². The highest BCUT2D eigenvalue weighted by atomic mass is 35.5. The number of esters is 1. The zero-order valence-electron chi connectivity index (χ0n) is 19.5. The van der Waals surface area contributed by atoms with Gasteiger partial charge in [0, 0.05) is 47.9 Å². The number of benzene rings is 1. The lowest BCUT2D eigenvalue weighted by molar-refractivity contribution is -0.167. The van der Waals surface area contributed by atoms with Crippen LogP contribution in [0.1, 0.15) is 33.6 Å². The Balaban J connectivity index is 1.40. The maximum atomic E-state index is 12.9. The van der Waals surface area contributed by atoms with Crippen molar-refractivity contribution in [2.45, 2.75) is 45.3 Å². The number of piperidine rings is 1. The predicted molar refractivity (Wildman–Crippen MR) is 133 cm³/mol. The van der Waals surface area contributed by atoms with Crippen molar-refractivity contribution in [2.75, 3.05) is 18.4 Å². The Hall–Kier alpha value is -3.39. The van der Waals surface area contributed by atoms with Crippen LogP contribution in [-0.4, -0.2) is 56.5 Å². The molecule has 0 saturated carbocycles. The number of carbonyl (C=O) groups excluding carboxylic acids is 2. The number of aromatic nitrogens is 3. The number of para-hydroxylation sites is 1. The van der Waals surface area contributed by atoms with Crippen LogP contribution in [0.5, 0.6) is 0 Å². The van der Waals surface area contributed by atoms with E-state index in [2.05, 4.69) is 20.3 Å². The lowest BCUT2D eigenvalue weighted by Crippen LogP contribution is -2.51. The number of aromatic amines is 1. The van der Waals surface area contributed by atoms with E-state index in [1.54, 1.807) is 37.9 Å². The summed E-state index contributed by atoms with van der Waals surface area (Å²) in [7, 11) is 0. The molecule has 178 valence electrons. The number of rotatable bonds is 6. The highest BCUT2D eigenvalue weighted by molar-refractivity contribution is 6.33. The van der Waals surface area contributed by atoms with Gasteiger partial charge in [0.1, 0.15) is 0 Å². The fourth-order valence-electron chi connectivity index (χ4n) is 4.15. The minimum Gasteiger partial charge on any atom is -0.446 e. The van der Waals surface area contributed by atoms with E-state index in [0.29, 0.717) is 29.8 Å². The molecule has 0 bridgehead atoms. The third kappa shape index (κ3) is 5.07. The molecule has 3 heterocycles. The van der Waals surface area contributed by atoms with Gasteiger partial charge in [-0.2, -0.15) is 0 Å². The number of fused-ring (bicyclic) bond motifs is 1. The summed E-state index contributed by atoms with van der Waals surface area (Å²) < 4.78 is 5.34. The molecule has 2 N–H and O–H groups in total. The Kier molecular flexibility index (Phi) is 6.88. The number of ether oxygens (including phenoxy) is 1. The van der Waals surface area contributed by atoms with Gasteiger partial charge in [0.25, 0.3) is 5.91 Å². The van der Waals surface area contributed by atoms with Gasteiger partial charge in [-0.25, -0.2) is 14.8 Å². The molecular weight excluding hydrogens is 454 g/mol. The molecule has 0 aliphatic carbocycles. The van der Waals surface area contributed by atoms with E-state index in [-0.39, 0.29) is 11.9 Å². The van der Waals surface area contributed by atoms with Crippen LogP contribution in [0.2, 0.25) is 5.02 Å². The Morgan fingerprint density at radius 3 is 2.74 bits per heavy atom. The molecule has 4 rings (SSSR count). The summed E-state index contributed by atoms with van der Waals surface area (Å²) in [5.74, 6) is -0.230. The summed E-state index contributed by atoms with van der Waals surface area (Å²) in [6.07, 6.45) is 7.84. The quantitative estimate of drug-likeness (QED) is 0.395. The minimum absolute atomic E-state index is 0.106. The number of allylic oxidation sites excluding steroid dienone is 1. The van der Waals surface area contributed by atoms with Crippen molar-refractivity contribution in [3.05, 3.63) is 53.8 Å². The first kappa shape index (κ1) is 23.8. The molecule has 1 aromatic carbocycles. The zero-order chi connectivity index (χ0) is 24.3. The lowest BCUT2D eigenvalue weighted by Gasteiger charge is -2.36. The van der Waals surface area contributed by atoms with E-state index >= 15 is 0 Å². The van der Waals surface area contributed by atoms with E-state index in [0.717, 1.165) is 29.3 Å². The summed E-state index contributed by atoms with van der Waals surface area (Å²) in [5, 5.41) is 4.90. The van der Waals surface area contributed by atoms with E-state index < -0.39 is 11.6 Å². The number of hydrogen-bond donors (Lipinski definition) is 2. The fourth-order valence-corrected chi connectivity index (χ4v) is 4.34. The number of nitrogens with one attached hydrogen (secondary N) is 2. The Labute approximate surface area is 203 Å². The molecule has 2 aromatic heterocycles. The SMILES string of the molecule is CC=CC(=O)OC(C)(C)C(=O)N1CCC(Nc2ncc(Cl)c(-c3c[nH]c4ccccc34)n2)CC1. The maximum absolute atomic E-state index is 12.9. The molecule has 0 spiro atoms. The molecule has 1 fully saturated rings. The van der Waals surface area contributed by atoms with Gasteiger partial charge in [-0.3, -0.25) is 4.79 Å². The second-order valence-corrected chi connectivity index (χ2v) is 9.19. The van der Waals surface area contributed by atoms with Crippen LogP contribution in [0, 0.1) is 0 Å². The minimum atomic E-state index is -1.22. The van der Waals surface area contributed by atoms with Crippen LogP contribution in [0.25, 0.3) is 22.2 Å². The topological polar surface area (TPSA) is 100 Å². The standard InChI is InChI=1S/C25H28ClN5O3/c1-4-7-21(32)34-25(2,3)23(33)31-12-10-16(11-13-31)29-24-28-15-19(26)22(30-24)18-14-27-20-9-6-5-8-17(18)20/h4-9,14-16,27H,10-13H2,1-3H3,(H,28,29,30). The van der Waals surface area contributed by atoms with E-state index in [1.165, 1.54) is 6.08 Å². The zero-order valence-corrected chi connectivity index (χ0v) is 20.2. The third-order valence-electron chi connectivity index (χ3n) is 5.88. The number of hydrogen-bond acceptors (Lipinski definition) is 6. The number of H-pyrrole nitrogens is 1. The first-order valence-corrected chi connectivity index (χ1v) is 11.7. The summed E-state index contributed by atoms with van der Waals surface area (Å²) in [6, 6.07) is 8.09. The van der Waals surface area contributed by atoms with Crippen molar-refractivity contribution in [1.29, 1.82) is 0 Å². The van der Waals surface area contributed by atoms with Crippen LogP contribution in [0.3, 0.4) is 0 Å². The van der Waals surface area contributed by atoms with Gasteiger partial charge in [0.15, 0.2) is 5.60 Å². The highest BCUT2D eigenvalue weighted by Gasteiger charge is 2.37. The number of halogens is 1. The number of carbonyl (C=O) groups is 2. The average molecular weight is 482 g/mol. The van der Waals surface area contributed by atoms with Crippen molar-refractivity contribution in [3.63, 3.8) is 0 Å². The predicted octanol–water partition coefficient (Wildman–Crippen LogP) is 4.58. The average Bonchev–Trinajstić information content (AvgIpc) is 3.24. The Morgan fingerprint density at radius 1 is 1.26 bits per heavy atom. The molecule has 1 aliphatic heterocycles. The van der Waals surface area contributed by atoms with Gasteiger partial charge < -0.3 is 19.9 Å². The number of nitrogens with zero attached hydrogens (tertiary/aromatic N) is 3. The molecule has 9 heteroatoms. The van der Waals surface area contributed by atoms with Gasteiger partial charge in [0.05, 0.1) is 16.9 Å². The molecule has 8 nitrogen and oxygen atoms in total. The van der Waals surface area contributed by atoms with Gasteiger partial charge >= 0.3 is 5.97 Å². The molecule has 3 aromatic rings. The molecule has 0 radical (unpaired) electrons. The summed E-state index contributed by atoms with van der Waals surface area (Å²) in [5.41, 5.74) is 1.37. The highest BCUT2D eigenvalue weighted by Crippen LogP contribution is 2.32. The van der Waals surface area contributed by atoms with Crippen LogP contribution >= 0.6 is 11.6 Å². The Morgan fingerprint density at radius 2 is 2.00 bits per heavy atom. The van der Waals surface area contributed by atoms with Crippen molar-refractivity contribution >= 4 is 40.3 Å². The number of likely N-dealkylation sites (tertiary alicyclic amines) is 1. The van der Waals surface area contributed by atoms with Crippen molar-refractivity contribution < 1.29 is 14.3 Å². The van der Waals surface area contributed by atoms with Gasteiger partial charge in [-0.1, -0.05) is 35.9 Å². The second-order valence-electron chi connectivity index (χ2n) is 8.78. The summed E-state index contributed by atoms with van der Waals surface area (Å²) in [4.78, 5) is 38.7. The van der Waals surface area contributed by atoms with E-state index in [1.807, 2.05) is 30.5 Å². The Bertz CT molecular complexity index is 1230. The molecule has 1 amide bonds. The van der Waals surface area contributed by atoms with E-state index in [9.17, 15) is 9.59 Å². The van der Waals surface area contributed by atoms with Gasteiger partial charge in [0.2, 0.25) is 5.95 Å². The summed E-state index contributed by atoms with van der Waals surface area (Å²) in [6.45, 7) is 6.05.